The van der Waals surface area contributed by atoms with Crippen LogP contribution in [0.5, 0.6) is 0 Å². The van der Waals surface area contributed by atoms with Crippen LogP contribution >= 0.6 is 0 Å². The molecule has 3 N–H and O–H groups in total. The predicted octanol–water partition coefficient (Wildman–Crippen LogP) is 2.53. The molecule has 0 radical (unpaired) electrons. The lowest BCUT2D eigenvalue weighted by molar-refractivity contribution is 0.0927. The summed E-state index contributed by atoms with van der Waals surface area (Å²) < 4.78 is 1.97. The van der Waals surface area contributed by atoms with Gasteiger partial charge in [0.15, 0.2) is 5.69 Å². The first-order valence-electron chi connectivity index (χ1n) is 9.36. The van der Waals surface area contributed by atoms with E-state index in [1.54, 1.807) is 0 Å². The Labute approximate surface area is 148 Å². The normalized spacial score (nSPS) is 17.8. The lowest BCUT2D eigenvalue weighted by Crippen LogP contribution is -2.42. The highest BCUT2D eigenvalue weighted by molar-refractivity contribution is 5.94. The number of aryl methyl sites for hydroxylation is 1. The standard InChI is InChI=1S/C20H26N4O/c1-13-6-10-15(11-7-13)24-18-5-3-2-4-16(18)19(23-24)20(25)22-17(12-21)14-8-9-14/h6-7,10-11,14,17H,2-5,8-9,12,21H2,1H3,(H,22,25). The Hall–Kier alpha value is -2.14. The Morgan fingerprint density at radius 2 is 2.00 bits per heavy atom. The quantitative estimate of drug-likeness (QED) is 0.880. The van der Waals surface area contributed by atoms with Crippen molar-refractivity contribution in [2.45, 2.75) is 51.5 Å². The molecule has 0 bridgehead atoms. The molecule has 132 valence electrons. The van der Waals surface area contributed by atoms with E-state index in [4.69, 9.17) is 10.8 Å². The van der Waals surface area contributed by atoms with Crippen molar-refractivity contribution < 1.29 is 4.79 Å². The molecule has 1 fully saturated rings. The van der Waals surface area contributed by atoms with Crippen molar-refractivity contribution in [3.8, 4) is 5.69 Å². The number of hydrogen-bond acceptors (Lipinski definition) is 3. The number of nitrogens with zero attached hydrogens (tertiary/aromatic N) is 2. The number of fused-ring (bicyclic) bond motifs is 1. The molecule has 1 aromatic heterocycles. The van der Waals surface area contributed by atoms with E-state index in [-0.39, 0.29) is 11.9 Å². The Kier molecular flexibility index (Phi) is 4.34. The SMILES string of the molecule is Cc1ccc(-n2nc(C(=O)NC(CN)C3CC3)c3c2CCCC3)cc1. The van der Waals surface area contributed by atoms with Gasteiger partial charge in [0.05, 0.1) is 5.69 Å². The maximum absolute atomic E-state index is 12.9. The van der Waals surface area contributed by atoms with Crippen LogP contribution in [-0.4, -0.2) is 28.3 Å². The molecule has 4 rings (SSSR count). The average molecular weight is 338 g/mol. The molecule has 25 heavy (non-hydrogen) atoms. The smallest absolute Gasteiger partial charge is 0.272 e. The molecule has 1 unspecified atom stereocenters. The van der Waals surface area contributed by atoms with Gasteiger partial charge < -0.3 is 11.1 Å². The summed E-state index contributed by atoms with van der Waals surface area (Å²) in [6, 6.07) is 8.40. The minimum absolute atomic E-state index is 0.0636. The molecule has 0 aliphatic heterocycles. The molecule has 2 aliphatic rings. The number of carbonyl (C=O) groups excluding carboxylic acids is 1. The van der Waals surface area contributed by atoms with Gasteiger partial charge in [0.1, 0.15) is 0 Å². The minimum Gasteiger partial charge on any atom is -0.346 e. The average Bonchev–Trinajstić information content (AvgIpc) is 3.40. The van der Waals surface area contributed by atoms with Crippen LogP contribution in [0.1, 0.15) is 53.0 Å². The third-order valence-electron chi connectivity index (χ3n) is 5.44. The molecule has 1 amide bonds. The van der Waals surface area contributed by atoms with Gasteiger partial charge in [-0.05, 0) is 63.5 Å². The van der Waals surface area contributed by atoms with Gasteiger partial charge in [0.2, 0.25) is 0 Å². The summed E-state index contributed by atoms with van der Waals surface area (Å²) in [6.45, 7) is 2.57. The van der Waals surface area contributed by atoms with E-state index >= 15 is 0 Å². The number of benzene rings is 1. The van der Waals surface area contributed by atoms with Crippen molar-refractivity contribution in [3.05, 3.63) is 46.8 Å². The molecule has 0 spiro atoms. The van der Waals surface area contributed by atoms with Crippen molar-refractivity contribution in [1.82, 2.24) is 15.1 Å². The number of hydrogen-bond donors (Lipinski definition) is 2. The number of rotatable bonds is 5. The van der Waals surface area contributed by atoms with Crippen LogP contribution in [0.2, 0.25) is 0 Å². The van der Waals surface area contributed by atoms with E-state index in [0.717, 1.165) is 49.8 Å². The number of nitrogens with two attached hydrogens (primary N) is 1. The van der Waals surface area contributed by atoms with Crippen molar-refractivity contribution >= 4 is 5.91 Å². The summed E-state index contributed by atoms with van der Waals surface area (Å²) >= 11 is 0. The number of aromatic nitrogens is 2. The minimum atomic E-state index is -0.0636. The Balaban J connectivity index is 1.68. The van der Waals surface area contributed by atoms with Crippen LogP contribution in [0, 0.1) is 12.8 Å². The lowest BCUT2D eigenvalue weighted by Gasteiger charge is -2.16. The molecule has 1 heterocycles. The van der Waals surface area contributed by atoms with Gasteiger partial charge in [-0.15, -0.1) is 0 Å². The maximum atomic E-state index is 12.9. The summed E-state index contributed by atoms with van der Waals surface area (Å²) in [5, 5.41) is 7.85. The predicted molar refractivity (Wildman–Crippen MR) is 98.0 cm³/mol. The van der Waals surface area contributed by atoms with Crippen molar-refractivity contribution in [2.75, 3.05) is 6.54 Å². The first-order chi connectivity index (χ1) is 12.2. The first-order valence-corrected chi connectivity index (χ1v) is 9.36. The van der Waals surface area contributed by atoms with E-state index in [9.17, 15) is 4.79 Å². The van der Waals surface area contributed by atoms with E-state index in [0.29, 0.717) is 18.2 Å². The van der Waals surface area contributed by atoms with Gasteiger partial charge in [-0.25, -0.2) is 4.68 Å². The molecule has 1 saturated carbocycles. The van der Waals surface area contributed by atoms with E-state index in [2.05, 4.69) is 36.5 Å². The molecular formula is C20H26N4O. The fraction of sp³-hybridized carbons (Fsp3) is 0.500. The van der Waals surface area contributed by atoms with Crippen LogP contribution in [0.3, 0.4) is 0 Å². The summed E-state index contributed by atoms with van der Waals surface area (Å²) in [5.41, 5.74) is 11.0. The summed E-state index contributed by atoms with van der Waals surface area (Å²) in [4.78, 5) is 12.9. The van der Waals surface area contributed by atoms with Crippen molar-refractivity contribution in [3.63, 3.8) is 0 Å². The second kappa shape index (κ2) is 6.64. The van der Waals surface area contributed by atoms with Crippen molar-refractivity contribution in [2.24, 2.45) is 11.7 Å². The second-order valence-electron chi connectivity index (χ2n) is 7.38. The molecule has 1 atom stereocenters. The van der Waals surface area contributed by atoms with E-state index in [1.807, 2.05) is 4.68 Å². The highest BCUT2D eigenvalue weighted by Gasteiger charge is 2.33. The molecule has 2 aliphatic carbocycles. The molecule has 5 nitrogen and oxygen atoms in total. The Morgan fingerprint density at radius 3 is 2.68 bits per heavy atom. The summed E-state index contributed by atoms with van der Waals surface area (Å²) in [7, 11) is 0. The largest absolute Gasteiger partial charge is 0.346 e. The van der Waals surface area contributed by atoms with Gasteiger partial charge in [-0.1, -0.05) is 17.7 Å². The zero-order valence-corrected chi connectivity index (χ0v) is 14.8. The fourth-order valence-corrected chi connectivity index (χ4v) is 3.79. The molecule has 1 aromatic carbocycles. The van der Waals surface area contributed by atoms with Crippen LogP contribution in [0.15, 0.2) is 24.3 Å². The number of carbonyl (C=O) groups is 1. The molecule has 5 heteroatoms. The highest BCUT2D eigenvalue weighted by Crippen LogP contribution is 2.33. The maximum Gasteiger partial charge on any atom is 0.272 e. The van der Waals surface area contributed by atoms with Crippen LogP contribution in [0.25, 0.3) is 5.69 Å². The Bertz CT molecular complexity index is 774. The lowest BCUT2D eigenvalue weighted by atomic mass is 9.95. The van der Waals surface area contributed by atoms with Crippen LogP contribution in [-0.2, 0) is 12.8 Å². The van der Waals surface area contributed by atoms with Crippen LogP contribution in [0.4, 0.5) is 0 Å². The van der Waals surface area contributed by atoms with Gasteiger partial charge in [-0.2, -0.15) is 5.10 Å². The first kappa shape index (κ1) is 16.3. The summed E-state index contributed by atoms with van der Waals surface area (Å²) in [5.74, 6) is 0.482. The van der Waals surface area contributed by atoms with Gasteiger partial charge in [0, 0.05) is 23.8 Å². The number of amides is 1. The van der Waals surface area contributed by atoms with E-state index in [1.165, 1.54) is 11.3 Å². The highest BCUT2D eigenvalue weighted by atomic mass is 16.2. The zero-order valence-electron chi connectivity index (χ0n) is 14.8. The van der Waals surface area contributed by atoms with Gasteiger partial charge in [0.25, 0.3) is 5.91 Å². The molecule has 2 aromatic rings. The molecule has 0 saturated heterocycles. The van der Waals surface area contributed by atoms with Crippen LogP contribution < -0.4 is 11.1 Å². The topological polar surface area (TPSA) is 72.9 Å². The monoisotopic (exact) mass is 338 g/mol. The third-order valence-corrected chi connectivity index (χ3v) is 5.44. The fourth-order valence-electron chi connectivity index (χ4n) is 3.79. The summed E-state index contributed by atoms with van der Waals surface area (Å²) in [6.07, 6.45) is 6.51. The van der Waals surface area contributed by atoms with E-state index < -0.39 is 0 Å². The molecular weight excluding hydrogens is 312 g/mol. The van der Waals surface area contributed by atoms with Crippen molar-refractivity contribution in [1.29, 1.82) is 0 Å². The van der Waals surface area contributed by atoms with Gasteiger partial charge >= 0.3 is 0 Å². The zero-order chi connectivity index (χ0) is 17.4. The third kappa shape index (κ3) is 3.21. The Morgan fingerprint density at radius 1 is 1.28 bits per heavy atom. The second-order valence-corrected chi connectivity index (χ2v) is 7.38. The van der Waals surface area contributed by atoms with Gasteiger partial charge in [-0.3, -0.25) is 4.79 Å². The number of nitrogens with one attached hydrogen (secondary N) is 1.